The smallest absolute Gasteiger partial charge is 0.235 e. The van der Waals surface area contributed by atoms with Gasteiger partial charge in [-0.15, -0.1) is 0 Å². The third kappa shape index (κ3) is 4.04. The van der Waals surface area contributed by atoms with E-state index in [0.717, 1.165) is 3.97 Å². The van der Waals surface area contributed by atoms with E-state index in [9.17, 15) is 12.6 Å². The molecule has 0 N–H and O–H groups in total. The molecule has 3 rings (SSSR count). The molecule has 8 heteroatoms. The van der Waals surface area contributed by atoms with Gasteiger partial charge in [0.15, 0.2) is 0 Å². The zero-order valence-electron chi connectivity index (χ0n) is 16.9. The summed E-state index contributed by atoms with van der Waals surface area (Å²) in [7, 11) is -5.43. The first-order chi connectivity index (χ1) is 13.4. The van der Waals surface area contributed by atoms with Crippen LogP contribution in [0.15, 0.2) is 57.8 Å². The Kier molecular flexibility index (Phi) is 5.53. The number of halogens is 1. The molecule has 0 saturated carbocycles. The second kappa shape index (κ2) is 7.50. The van der Waals surface area contributed by atoms with Gasteiger partial charge in [0.1, 0.15) is 22.3 Å². The van der Waals surface area contributed by atoms with Crippen molar-refractivity contribution in [2.24, 2.45) is 4.40 Å². The van der Waals surface area contributed by atoms with Crippen molar-refractivity contribution in [1.82, 2.24) is 3.97 Å². The molecule has 1 unspecified atom stereocenters. The van der Waals surface area contributed by atoms with Crippen LogP contribution in [0.4, 0.5) is 4.39 Å². The van der Waals surface area contributed by atoms with Crippen LogP contribution >= 0.6 is 0 Å². The zero-order valence-corrected chi connectivity index (χ0v) is 18.6. The van der Waals surface area contributed by atoms with Crippen molar-refractivity contribution < 1.29 is 17.0 Å². The van der Waals surface area contributed by atoms with Crippen molar-refractivity contribution in [3.05, 3.63) is 65.6 Å². The third-order valence-electron chi connectivity index (χ3n) is 4.42. The topological polar surface area (TPSA) is 68.5 Å². The standard InChI is InChI=1S/C21H23FN2O3S2/c1-14-11-17-12-16(15(2)23-28(25)21(3,4)5)13-19(22)20(17)24(14)29(26,27)18-9-7-6-8-10-18/h6-13H,1-5H3. The SMILES string of the molecule is CC(=NS(=O)C(C)(C)C)c1cc(F)c2c(c1)cc(C)n2S(=O)(=O)c1ccccc1. The van der Waals surface area contributed by atoms with Crippen molar-refractivity contribution in [2.45, 2.75) is 44.3 Å². The van der Waals surface area contributed by atoms with Gasteiger partial charge < -0.3 is 0 Å². The molecule has 3 aromatic rings. The summed E-state index contributed by atoms with van der Waals surface area (Å²) >= 11 is 0. The number of benzene rings is 2. The van der Waals surface area contributed by atoms with Crippen LogP contribution in [0.1, 0.15) is 39.0 Å². The molecule has 1 atom stereocenters. The third-order valence-corrected chi connectivity index (χ3v) is 7.73. The van der Waals surface area contributed by atoms with Gasteiger partial charge in [0.05, 0.1) is 15.4 Å². The fourth-order valence-corrected chi connectivity index (χ4v) is 5.14. The summed E-state index contributed by atoms with van der Waals surface area (Å²) in [5.74, 6) is -0.679. The Labute approximate surface area is 172 Å². The molecule has 2 aromatic carbocycles. The van der Waals surface area contributed by atoms with Crippen LogP contribution in [0.25, 0.3) is 10.9 Å². The van der Waals surface area contributed by atoms with Crippen molar-refractivity contribution >= 4 is 37.6 Å². The molecule has 0 aliphatic carbocycles. The monoisotopic (exact) mass is 434 g/mol. The molecule has 0 saturated heterocycles. The highest BCUT2D eigenvalue weighted by atomic mass is 32.2. The van der Waals surface area contributed by atoms with Crippen molar-refractivity contribution in [1.29, 1.82) is 0 Å². The molecule has 5 nitrogen and oxygen atoms in total. The molecule has 0 aliphatic rings. The maximum Gasteiger partial charge on any atom is 0.268 e. The van der Waals surface area contributed by atoms with Gasteiger partial charge in [0, 0.05) is 16.6 Å². The maximum absolute atomic E-state index is 15.1. The largest absolute Gasteiger partial charge is 0.268 e. The summed E-state index contributed by atoms with van der Waals surface area (Å²) in [5.41, 5.74) is 1.27. The average molecular weight is 435 g/mol. The summed E-state index contributed by atoms with van der Waals surface area (Å²) in [6.07, 6.45) is 0. The fraction of sp³-hybridized carbons (Fsp3) is 0.286. The van der Waals surface area contributed by atoms with Crippen molar-refractivity contribution in [3.63, 3.8) is 0 Å². The number of aryl methyl sites for hydroxylation is 1. The van der Waals surface area contributed by atoms with Crippen LogP contribution in [-0.4, -0.2) is 27.1 Å². The molecule has 0 bridgehead atoms. The van der Waals surface area contributed by atoms with Gasteiger partial charge in [0.25, 0.3) is 10.0 Å². The second-order valence-corrected chi connectivity index (χ2v) is 11.5. The highest BCUT2D eigenvalue weighted by molar-refractivity contribution is 7.90. The molecule has 0 fully saturated rings. The predicted octanol–water partition coefficient (Wildman–Crippen LogP) is 4.60. The minimum absolute atomic E-state index is 0.0140. The fourth-order valence-electron chi connectivity index (χ4n) is 2.94. The molecule has 29 heavy (non-hydrogen) atoms. The van der Waals surface area contributed by atoms with E-state index in [2.05, 4.69) is 4.40 Å². The Morgan fingerprint density at radius 1 is 1.10 bits per heavy atom. The lowest BCUT2D eigenvalue weighted by atomic mass is 10.1. The lowest BCUT2D eigenvalue weighted by molar-refractivity contribution is 0.585. The van der Waals surface area contributed by atoms with Crippen LogP contribution in [0, 0.1) is 12.7 Å². The van der Waals surface area contributed by atoms with Crippen LogP contribution in [0.5, 0.6) is 0 Å². The summed E-state index contributed by atoms with van der Waals surface area (Å²) in [6, 6.07) is 12.4. The Hall–Kier alpha value is -2.32. The maximum atomic E-state index is 15.1. The van der Waals surface area contributed by atoms with E-state index in [-0.39, 0.29) is 10.4 Å². The van der Waals surface area contributed by atoms with Crippen LogP contribution in [0.2, 0.25) is 0 Å². The summed E-state index contributed by atoms with van der Waals surface area (Å²) in [4.78, 5) is 0.0855. The second-order valence-electron chi connectivity index (χ2n) is 7.80. The molecule has 0 amide bonds. The molecule has 1 aromatic heterocycles. The van der Waals surface area contributed by atoms with Gasteiger partial charge in [-0.2, -0.15) is 4.40 Å². The van der Waals surface area contributed by atoms with Crippen molar-refractivity contribution in [2.75, 3.05) is 0 Å². The Morgan fingerprint density at radius 3 is 2.31 bits per heavy atom. The molecular formula is C21H23FN2O3S2. The predicted molar refractivity (Wildman–Crippen MR) is 116 cm³/mol. The molecule has 154 valence electrons. The van der Waals surface area contributed by atoms with Gasteiger partial charge >= 0.3 is 0 Å². The Balaban J connectivity index is 2.18. The van der Waals surface area contributed by atoms with Gasteiger partial charge in [0.2, 0.25) is 0 Å². The quantitative estimate of drug-likeness (QED) is 0.564. The number of nitrogens with zero attached hydrogens (tertiary/aromatic N) is 2. The molecule has 0 aliphatic heterocycles. The Morgan fingerprint density at radius 2 is 1.72 bits per heavy atom. The van der Waals surface area contributed by atoms with Crippen LogP contribution < -0.4 is 0 Å². The molecule has 0 spiro atoms. The van der Waals surface area contributed by atoms with E-state index in [1.54, 1.807) is 44.2 Å². The Bertz CT molecular complexity index is 1240. The summed E-state index contributed by atoms with van der Waals surface area (Å²) in [6.45, 7) is 8.70. The molecule has 0 radical (unpaired) electrons. The number of hydrogen-bond donors (Lipinski definition) is 0. The molecule has 1 heterocycles. The number of fused-ring (bicyclic) bond motifs is 1. The first-order valence-corrected chi connectivity index (χ1v) is 11.6. The first-order valence-electron chi connectivity index (χ1n) is 9.03. The van der Waals surface area contributed by atoms with E-state index in [1.807, 2.05) is 20.8 Å². The first kappa shape index (κ1) is 21.4. The van der Waals surface area contributed by atoms with Crippen molar-refractivity contribution in [3.8, 4) is 0 Å². The number of rotatable bonds is 4. The van der Waals surface area contributed by atoms with Crippen LogP contribution in [-0.2, 0) is 21.0 Å². The van der Waals surface area contributed by atoms with E-state index < -0.39 is 31.6 Å². The van der Waals surface area contributed by atoms with Gasteiger partial charge in [-0.25, -0.2) is 21.0 Å². The summed E-state index contributed by atoms with van der Waals surface area (Å²) < 4.78 is 58.2. The number of aromatic nitrogens is 1. The van der Waals surface area contributed by atoms with Gasteiger partial charge in [-0.05, 0) is 65.0 Å². The van der Waals surface area contributed by atoms with E-state index in [4.69, 9.17) is 0 Å². The highest BCUT2D eigenvalue weighted by Gasteiger charge is 2.24. The lowest BCUT2D eigenvalue weighted by Crippen LogP contribution is -2.20. The van der Waals surface area contributed by atoms with Gasteiger partial charge in [-0.1, -0.05) is 18.2 Å². The van der Waals surface area contributed by atoms with Crippen LogP contribution in [0.3, 0.4) is 0 Å². The minimum Gasteiger partial charge on any atom is -0.235 e. The average Bonchev–Trinajstić information content (AvgIpc) is 2.98. The zero-order chi connectivity index (χ0) is 21.6. The number of hydrogen-bond acceptors (Lipinski definition) is 3. The minimum atomic E-state index is -3.95. The van der Waals surface area contributed by atoms with Gasteiger partial charge in [-0.3, -0.25) is 0 Å². The highest BCUT2D eigenvalue weighted by Crippen LogP contribution is 2.29. The summed E-state index contributed by atoms with van der Waals surface area (Å²) in [5, 5.41) is 0.438. The normalized spacial score (nSPS) is 14.3. The van der Waals surface area contributed by atoms with E-state index >= 15 is 4.39 Å². The van der Waals surface area contributed by atoms with E-state index in [1.165, 1.54) is 18.2 Å². The molecular weight excluding hydrogens is 411 g/mol. The van der Waals surface area contributed by atoms with E-state index in [0.29, 0.717) is 22.4 Å². The lowest BCUT2D eigenvalue weighted by Gasteiger charge is -2.14.